The lowest BCUT2D eigenvalue weighted by Gasteiger charge is -2.06. The predicted molar refractivity (Wildman–Crippen MR) is 65.8 cm³/mol. The Morgan fingerprint density at radius 1 is 1.18 bits per heavy atom. The van der Waals surface area contributed by atoms with Gasteiger partial charge in [0.05, 0.1) is 0 Å². The molecular weight excluding hydrogens is 215 g/mol. The Balaban J connectivity index is 2.30. The van der Waals surface area contributed by atoms with Gasteiger partial charge in [-0.15, -0.1) is 0 Å². The van der Waals surface area contributed by atoms with Gasteiger partial charge in [-0.2, -0.15) is 0 Å². The Morgan fingerprint density at radius 3 is 2.76 bits per heavy atom. The summed E-state index contributed by atoms with van der Waals surface area (Å²) in [6.07, 6.45) is 1.47. The predicted octanol–water partition coefficient (Wildman–Crippen LogP) is 3.54. The number of aldehydes is 1. The number of hydrogen-bond acceptors (Lipinski definition) is 1. The molecule has 0 aliphatic heterocycles. The SMILES string of the molecule is Cc1ccc(F)cc1Cc1cccc(C=O)c1. The molecule has 0 saturated heterocycles. The van der Waals surface area contributed by atoms with Crippen LogP contribution in [-0.4, -0.2) is 6.29 Å². The lowest BCUT2D eigenvalue weighted by atomic mass is 9.99. The van der Waals surface area contributed by atoms with Gasteiger partial charge in [-0.1, -0.05) is 24.3 Å². The summed E-state index contributed by atoms with van der Waals surface area (Å²) in [5.41, 5.74) is 3.68. The fourth-order valence-corrected chi connectivity index (χ4v) is 1.83. The molecule has 0 bridgehead atoms. The van der Waals surface area contributed by atoms with Crippen molar-refractivity contribution in [2.24, 2.45) is 0 Å². The van der Waals surface area contributed by atoms with Crippen LogP contribution in [0.15, 0.2) is 42.5 Å². The maximum absolute atomic E-state index is 13.1. The second-order valence-corrected chi connectivity index (χ2v) is 4.11. The second kappa shape index (κ2) is 4.91. The van der Waals surface area contributed by atoms with E-state index in [9.17, 15) is 9.18 Å². The van der Waals surface area contributed by atoms with Crippen LogP contribution in [0.4, 0.5) is 4.39 Å². The molecule has 17 heavy (non-hydrogen) atoms. The van der Waals surface area contributed by atoms with Crippen molar-refractivity contribution >= 4 is 6.29 Å². The van der Waals surface area contributed by atoms with Crippen LogP contribution in [0.1, 0.15) is 27.0 Å². The summed E-state index contributed by atoms with van der Waals surface area (Å²) in [4.78, 5) is 10.7. The first-order chi connectivity index (χ1) is 8.19. The molecule has 0 amide bonds. The van der Waals surface area contributed by atoms with Crippen molar-refractivity contribution in [3.63, 3.8) is 0 Å². The molecule has 0 N–H and O–H groups in total. The average molecular weight is 228 g/mol. The van der Waals surface area contributed by atoms with Crippen LogP contribution in [-0.2, 0) is 6.42 Å². The average Bonchev–Trinajstić information content (AvgIpc) is 2.34. The minimum Gasteiger partial charge on any atom is -0.298 e. The topological polar surface area (TPSA) is 17.1 Å². The lowest BCUT2D eigenvalue weighted by Crippen LogP contribution is -1.94. The van der Waals surface area contributed by atoms with Crippen molar-refractivity contribution in [1.82, 2.24) is 0 Å². The molecule has 0 spiro atoms. The number of aryl methyl sites for hydroxylation is 1. The molecule has 1 nitrogen and oxygen atoms in total. The highest BCUT2D eigenvalue weighted by molar-refractivity contribution is 5.74. The molecule has 0 aliphatic rings. The molecule has 0 saturated carbocycles. The molecule has 0 radical (unpaired) electrons. The summed E-state index contributed by atoms with van der Waals surface area (Å²) in [6.45, 7) is 1.96. The van der Waals surface area contributed by atoms with Gasteiger partial charge in [0, 0.05) is 5.56 Å². The fraction of sp³-hybridized carbons (Fsp3) is 0.133. The largest absolute Gasteiger partial charge is 0.298 e. The lowest BCUT2D eigenvalue weighted by molar-refractivity contribution is 0.112. The highest BCUT2D eigenvalue weighted by atomic mass is 19.1. The first kappa shape index (κ1) is 11.5. The molecule has 0 atom stereocenters. The van der Waals surface area contributed by atoms with E-state index in [-0.39, 0.29) is 5.82 Å². The maximum Gasteiger partial charge on any atom is 0.150 e. The van der Waals surface area contributed by atoms with Gasteiger partial charge >= 0.3 is 0 Å². The van der Waals surface area contributed by atoms with Crippen molar-refractivity contribution in [3.8, 4) is 0 Å². The summed E-state index contributed by atoms with van der Waals surface area (Å²) in [5, 5.41) is 0. The van der Waals surface area contributed by atoms with Crippen LogP contribution < -0.4 is 0 Å². The number of carbonyl (C=O) groups is 1. The Hall–Kier alpha value is -1.96. The number of halogens is 1. The molecule has 0 aliphatic carbocycles. The molecule has 2 heteroatoms. The van der Waals surface area contributed by atoms with Gasteiger partial charge < -0.3 is 0 Å². The smallest absolute Gasteiger partial charge is 0.150 e. The van der Waals surface area contributed by atoms with E-state index in [1.807, 2.05) is 25.1 Å². The first-order valence-electron chi connectivity index (χ1n) is 5.48. The standard InChI is InChI=1S/C15H13FO/c1-11-5-6-15(16)9-14(11)8-12-3-2-4-13(7-12)10-17/h2-7,9-10H,8H2,1H3. The quantitative estimate of drug-likeness (QED) is 0.734. The molecule has 2 aromatic rings. The van der Waals surface area contributed by atoms with Gasteiger partial charge in [0.2, 0.25) is 0 Å². The Bertz CT molecular complexity index is 546. The highest BCUT2D eigenvalue weighted by Crippen LogP contribution is 2.16. The van der Waals surface area contributed by atoms with Crippen LogP contribution in [0.2, 0.25) is 0 Å². The zero-order valence-corrected chi connectivity index (χ0v) is 9.61. The van der Waals surface area contributed by atoms with E-state index in [0.29, 0.717) is 12.0 Å². The molecule has 0 unspecified atom stereocenters. The van der Waals surface area contributed by atoms with E-state index < -0.39 is 0 Å². The van der Waals surface area contributed by atoms with Crippen molar-refractivity contribution < 1.29 is 9.18 Å². The normalized spacial score (nSPS) is 10.2. The zero-order chi connectivity index (χ0) is 12.3. The Morgan fingerprint density at radius 2 is 2.00 bits per heavy atom. The van der Waals surface area contributed by atoms with E-state index in [1.54, 1.807) is 18.2 Å². The van der Waals surface area contributed by atoms with Gasteiger partial charge in [0.1, 0.15) is 12.1 Å². The molecular formula is C15H13FO. The summed E-state index contributed by atoms with van der Waals surface area (Å²) in [6, 6.07) is 12.1. The van der Waals surface area contributed by atoms with E-state index in [2.05, 4.69) is 0 Å². The van der Waals surface area contributed by atoms with Crippen LogP contribution >= 0.6 is 0 Å². The Labute approximate surface area is 99.9 Å². The third-order valence-corrected chi connectivity index (χ3v) is 2.79. The summed E-state index contributed by atoms with van der Waals surface area (Å²) in [5.74, 6) is -0.225. The van der Waals surface area contributed by atoms with Crippen molar-refractivity contribution in [2.45, 2.75) is 13.3 Å². The number of benzene rings is 2. The minimum absolute atomic E-state index is 0.225. The maximum atomic E-state index is 13.1. The Kier molecular flexibility index (Phi) is 3.33. The van der Waals surface area contributed by atoms with Gasteiger partial charge in [0.25, 0.3) is 0 Å². The fourth-order valence-electron chi connectivity index (χ4n) is 1.83. The third-order valence-electron chi connectivity index (χ3n) is 2.79. The number of carbonyl (C=O) groups excluding carboxylic acids is 1. The molecule has 86 valence electrons. The van der Waals surface area contributed by atoms with E-state index in [0.717, 1.165) is 23.0 Å². The van der Waals surface area contributed by atoms with Gasteiger partial charge in [0.15, 0.2) is 0 Å². The van der Waals surface area contributed by atoms with E-state index in [4.69, 9.17) is 0 Å². The van der Waals surface area contributed by atoms with Crippen molar-refractivity contribution in [1.29, 1.82) is 0 Å². The second-order valence-electron chi connectivity index (χ2n) is 4.11. The van der Waals surface area contributed by atoms with E-state index >= 15 is 0 Å². The number of hydrogen-bond donors (Lipinski definition) is 0. The molecule has 0 heterocycles. The number of rotatable bonds is 3. The van der Waals surface area contributed by atoms with Crippen LogP contribution in [0, 0.1) is 12.7 Å². The zero-order valence-electron chi connectivity index (χ0n) is 9.61. The van der Waals surface area contributed by atoms with E-state index in [1.165, 1.54) is 6.07 Å². The molecule has 2 aromatic carbocycles. The third kappa shape index (κ3) is 2.78. The van der Waals surface area contributed by atoms with Gasteiger partial charge in [-0.25, -0.2) is 4.39 Å². The highest BCUT2D eigenvalue weighted by Gasteiger charge is 2.02. The van der Waals surface area contributed by atoms with Crippen molar-refractivity contribution in [2.75, 3.05) is 0 Å². The van der Waals surface area contributed by atoms with Gasteiger partial charge in [-0.05, 0) is 48.2 Å². The first-order valence-corrected chi connectivity index (χ1v) is 5.48. The molecule has 2 rings (SSSR count). The van der Waals surface area contributed by atoms with Crippen LogP contribution in [0.25, 0.3) is 0 Å². The molecule has 0 fully saturated rings. The summed E-state index contributed by atoms with van der Waals surface area (Å²) < 4.78 is 13.1. The monoisotopic (exact) mass is 228 g/mol. The molecule has 0 aromatic heterocycles. The summed E-state index contributed by atoms with van der Waals surface area (Å²) >= 11 is 0. The van der Waals surface area contributed by atoms with Gasteiger partial charge in [-0.3, -0.25) is 4.79 Å². The van der Waals surface area contributed by atoms with Crippen molar-refractivity contribution in [3.05, 3.63) is 70.5 Å². The summed E-state index contributed by atoms with van der Waals surface area (Å²) in [7, 11) is 0. The van der Waals surface area contributed by atoms with Crippen LogP contribution in [0.5, 0.6) is 0 Å². The minimum atomic E-state index is -0.225. The van der Waals surface area contributed by atoms with Crippen LogP contribution in [0.3, 0.4) is 0 Å².